The number of carbonyl (C=O) groups is 1. The van der Waals surface area contributed by atoms with E-state index in [1.165, 1.54) is 0 Å². The fourth-order valence-corrected chi connectivity index (χ4v) is 2.72. The number of alkyl halides is 3. The number of esters is 1. The van der Waals surface area contributed by atoms with Gasteiger partial charge in [-0.2, -0.15) is 13.2 Å². The number of hydrogen-bond acceptors (Lipinski definition) is 5. The van der Waals surface area contributed by atoms with Crippen molar-refractivity contribution in [2.45, 2.75) is 43.6 Å². The maximum atomic E-state index is 12.1. The van der Waals surface area contributed by atoms with E-state index >= 15 is 0 Å². The summed E-state index contributed by atoms with van der Waals surface area (Å²) in [7, 11) is -3.61. The molecular formula is C9H15F3N2O4S. The van der Waals surface area contributed by atoms with Crippen LogP contribution in [0.2, 0.25) is 0 Å². The van der Waals surface area contributed by atoms with Crippen molar-refractivity contribution in [3.05, 3.63) is 0 Å². The molecule has 1 aliphatic carbocycles. The first-order valence-corrected chi connectivity index (χ1v) is 7.39. The zero-order valence-corrected chi connectivity index (χ0v) is 10.9. The van der Waals surface area contributed by atoms with Crippen LogP contribution in [0.5, 0.6) is 0 Å². The average molecular weight is 304 g/mol. The molecule has 1 rings (SSSR count). The van der Waals surface area contributed by atoms with E-state index < -0.39 is 40.4 Å². The second-order valence-corrected chi connectivity index (χ2v) is 6.29. The predicted molar refractivity (Wildman–Crippen MR) is 59.5 cm³/mol. The maximum absolute atomic E-state index is 12.1. The van der Waals surface area contributed by atoms with Crippen molar-refractivity contribution in [3.8, 4) is 0 Å². The summed E-state index contributed by atoms with van der Waals surface area (Å²) in [5.41, 5.74) is 5.59. The van der Waals surface area contributed by atoms with Crippen LogP contribution < -0.4 is 10.5 Å². The first-order chi connectivity index (χ1) is 8.49. The van der Waals surface area contributed by atoms with E-state index in [9.17, 15) is 26.4 Å². The molecule has 19 heavy (non-hydrogen) atoms. The van der Waals surface area contributed by atoms with Crippen LogP contribution in [0, 0.1) is 0 Å². The molecule has 0 aromatic rings. The lowest BCUT2D eigenvalue weighted by molar-refractivity contribution is -0.207. The van der Waals surface area contributed by atoms with E-state index in [0.29, 0.717) is 6.42 Å². The summed E-state index contributed by atoms with van der Waals surface area (Å²) >= 11 is 0. The van der Waals surface area contributed by atoms with Crippen molar-refractivity contribution in [1.82, 2.24) is 4.72 Å². The lowest BCUT2D eigenvalue weighted by Crippen LogP contribution is -2.51. The topological polar surface area (TPSA) is 98.5 Å². The number of nitrogens with two attached hydrogens (primary N) is 1. The van der Waals surface area contributed by atoms with Crippen molar-refractivity contribution < 1.29 is 31.1 Å². The van der Waals surface area contributed by atoms with Gasteiger partial charge in [0, 0.05) is 12.5 Å². The zero-order chi connectivity index (χ0) is 14.8. The van der Waals surface area contributed by atoms with Gasteiger partial charge in [-0.1, -0.05) is 0 Å². The number of hydrogen-bond donors (Lipinski definition) is 2. The summed E-state index contributed by atoms with van der Waals surface area (Å²) in [6.45, 7) is 0. The minimum atomic E-state index is -5.11. The van der Waals surface area contributed by atoms with Crippen LogP contribution in [0.4, 0.5) is 13.2 Å². The van der Waals surface area contributed by atoms with Gasteiger partial charge < -0.3 is 10.5 Å². The summed E-state index contributed by atoms with van der Waals surface area (Å²) in [6.07, 6.45) is -4.82. The van der Waals surface area contributed by atoms with Crippen molar-refractivity contribution in [2.75, 3.05) is 6.26 Å². The second-order valence-electron chi connectivity index (χ2n) is 4.51. The van der Waals surface area contributed by atoms with E-state index in [4.69, 9.17) is 5.73 Å². The first kappa shape index (κ1) is 16.2. The second kappa shape index (κ2) is 5.63. The van der Waals surface area contributed by atoms with E-state index in [1.807, 2.05) is 0 Å². The van der Waals surface area contributed by atoms with Crippen LogP contribution >= 0.6 is 0 Å². The fourth-order valence-electron chi connectivity index (χ4n) is 1.90. The normalized spacial score (nSPS) is 29.0. The summed E-state index contributed by atoms with van der Waals surface area (Å²) in [4.78, 5) is 10.8. The van der Waals surface area contributed by atoms with Gasteiger partial charge in [0.15, 0.2) is 0 Å². The number of nitrogens with one attached hydrogen (secondary N) is 1. The molecule has 6 nitrogen and oxygen atoms in total. The van der Waals surface area contributed by atoms with Gasteiger partial charge in [-0.15, -0.1) is 0 Å². The minimum absolute atomic E-state index is 0.0188. The Labute approximate surface area is 108 Å². The van der Waals surface area contributed by atoms with Gasteiger partial charge in [-0.25, -0.2) is 17.9 Å². The first-order valence-electron chi connectivity index (χ1n) is 5.49. The Hall–Kier alpha value is -0.870. The van der Waals surface area contributed by atoms with Crippen LogP contribution in [0.1, 0.15) is 19.3 Å². The number of sulfonamides is 1. The van der Waals surface area contributed by atoms with Crippen LogP contribution in [-0.4, -0.2) is 45.0 Å². The standard InChI is InChI=1S/C9H15F3N2O4S/c1-19(16,17)14-6-3-2-5(13)4-7(6)18-8(15)9(10,11)12/h5-7,14H,2-4,13H2,1H3/t5-,6-,7?/m0/s1. The third-order valence-corrected chi connectivity index (χ3v) is 3.42. The van der Waals surface area contributed by atoms with Crippen molar-refractivity contribution in [3.63, 3.8) is 0 Å². The third-order valence-electron chi connectivity index (χ3n) is 2.69. The SMILES string of the molecule is CS(=O)(=O)N[C@H]1CC[C@H](N)CC1OC(=O)C(F)(F)F. The maximum Gasteiger partial charge on any atom is 0.490 e. The molecule has 0 radical (unpaired) electrons. The molecule has 0 spiro atoms. The molecule has 0 heterocycles. The van der Waals surface area contributed by atoms with E-state index in [-0.39, 0.29) is 12.8 Å². The highest BCUT2D eigenvalue weighted by Crippen LogP contribution is 2.25. The Morgan fingerprint density at radius 3 is 2.42 bits per heavy atom. The molecule has 0 aromatic heterocycles. The summed E-state index contributed by atoms with van der Waals surface area (Å²) in [5, 5.41) is 0. The van der Waals surface area contributed by atoms with Crippen molar-refractivity contribution in [1.29, 1.82) is 0 Å². The monoisotopic (exact) mass is 304 g/mol. The fraction of sp³-hybridized carbons (Fsp3) is 0.889. The molecule has 0 aromatic carbocycles. The Morgan fingerprint density at radius 1 is 1.37 bits per heavy atom. The number of rotatable bonds is 3. The Bertz CT molecular complexity index is 437. The highest BCUT2D eigenvalue weighted by atomic mass is 32.2. The van der Waals surface area contributed by atoms with Crippen LogP contribution in [0.3, 0.4) is 0 Å². The van der Waals surface area contributed by atoms with Crippen LogP contribution in [0.15, 0.2) is 0 Å². The van der Waals surface area contributed by atoms with Crippen LogP contribution in [-0.2, 0) is 19.6 Å². The van der Waals surface area contributed by atoms with Gasteiger partial charge in [0.2, 0.25) is 10.0 Å². The van der Waals surface area contributed by atoms with E-state index in [2.05, 4.69) is 9.46 Å². The molecule has 10 heteroatoms. The lowest BCUT2D eigenvalue weighted by Gasteiger charge is -2.34. The number of halogens is 3. The molecule has 1 fully saturated rings. The molecule has 0 amide bonds. The van der Waals surface area contributed by atoms with Gasteiger partial charge in [0.05, 0.1) is 12.3 Å². The Morgan fingerprint density at radius 2 is 1.95 bits per heavy atom. The third kappa shape index (κ3) is 5.33. The smallest absolute Gasteiger partial charge is 0.454 e. The van der Waals surface area contributed by atoms with Crippen LogP contribution in [0.25, 0.3) is 0 Å². The average Bonchev–Trinajstić information content (AvgIpc) is 2.19. The minimum Gasteiger partial charge on any atom is -0.454 e. The van der Waals surface area contributed by atoms with Crippen molar-refractivity contribution in [2.24, 2.45) is 5.73 Å². The number of carbonyl (C=O) groups excluding carboxylic acids is 1. The molecule has 1 unspecified atom stereocenters. The largest absolute Gasteiger partial charge is 0.490 e. The summed E-state index contributed by atoms with van der Waals surface area (Å²) < 4.78 is 65.0. The zero-order valence-electron chi connectivity index (χ0n) is 10.1. The summed E-state index contributed by atoms with van der Waals surface area (Å²) in [6, 6.07) is -1.32. The lowest BCUT2D eigenvalue weighted by atomic mass is 9.89. The molecule has 3 N–H and O–H groups in total. The molecule has 0 aliphatic heterocycles. The molecule has 1 aliphatic rings. The van der Waals surface area contributed by atoms with Crippen molar-refractivity contribution >= 4 is 16.0 Å². The van der Waals surface area contributed by atoms with Gasteiger partial charge in [0.25, 0.3) is 0 Å². The summed E-state index contributed by atoms with van der Waals surface area (Å²) in [5.74, 6) is -2.34. The highest BCUT2D eigenvalue weighted by molar-refractivity contribution is 7.88. The molecule has 1 saturated carbocycles. The molecule has 0 saturated heterocycles. The quantitative estimate of drug-likeness (QED) is 0.709. The molecular weight excluding hydrogens is 289 g/mol. The molecule has 3 atom stereocenters. The van der Waals surface area contributed by atoms with Gasteiger partial charge >= 0.3 is 12.1 Å². The van der Waals surface area contributed by atoms with Gasteiger partial charge in [0.1, 0.15) is 6.10 Å². The van der Waals surface area contributed by atoms with E-state index in [0.717, 1.165) is 6.26 Å². The van der Waals surface area contributed by atoms with E-state index in [1.54, 1.807) is 0 Å². The Balaban J connectivity index is 2.76. The highest BCUT2D eigenvalue weighted by Gasteiger charge is 2.44. The number of ether oxygens (including phenoxy) is 1. The Kier molecular flexibility index (Phi) is 4.80. The predicted octanol–water partition coefficient (Wildman–Crippen LogP) is -0.110. The molecule has 112 valence electrons. The van der Waals surface area contributed by atoms with Gasteiger partial charge in [-0.05, 0) is 12.8 Å². The molecule has 0 bridgehead atoms. The van der Waals surface area contributed by atoms with Gasteiger partial charge in [-0.3, -0.25) is 0 Å².